The molecular weight excluding hydrogens is 693 g/mol. The van der Waals surface area contributed by atoms with Crippen molar-refractivity contribution in [1.82, 2.24) is 14.0 Å². The predicted octanol–water partition coefficient (Wildman–Crippen LogP) is 14.1. The van der Waals surface area contributed by atoms with Gasteiger partial charge in [-0.3, -0.25) is 4.90 Å². The quantitative estimate of drug-likeness (QED) is 0.170. The summed E-state index contributed by atoms with van der Waals surface area (Å²) in [6.07, 6.45) is 2.02. The zero-order chi connectivity index (χ0) is 37.7. The molecule has 0 aliphatic rings. The lowest BCUT2D eigenvalue weighted by atomic mass is 10.0. The summed E-state index contributed by atoms with van der Waals surface area (Å²) in [6, 6.07) is 75.8. The average Bonchev–Trinajstić information content (AvgIpc) is 3.63. The Kier molecular flexibility index (Phi) is 7.78. The molecule has 3 aromatic heterocycles. The molecule has 0 bridgehead atoms. The predicted molar refractivity (Wildman–Crippen MR) is 239 cm³/mol. The van der Waals surface area contributed by atoms with Crippen molar-refractivity contribution < 1.29 is 0 Å². The van der Waals surface area contributed by atoms with Gasteiger partial charge in [0.1, 0.15) is 5.82 Å². The highest BCUT2D eigenvalue weighted by atomic mass is 15.2. The van der Waals surface area contributed by atoms with Crippen molar-refractivity contribution in [2.75, 3.05) is 4.90 Å². The summed E-state index contributed by atoms with van der Waals surface area (Å²) >= 11 is 0. The van der Waals surface area contributed by atoms with Crippen LogP contribution in [-0.4, -0.2) is 14.0 Å². The van der Waals surface area contributed by atoms with Gasteiger partial charge >= 0.3 is 0 Å². The van der Waals surface area contributed by atoms with Crippen LogP contribution in [0.1, 0.15) is 0 Å². The maximum absolute atomic E-state index is 5.27. The molecule has 0 spiro atoms. The second-order valence-electron chi connectivity index (χ2n) is 14.4. The Hall–Kier alpha value is -7.69. The third-order valence-corrected chi connectivity index (χ3v) is 11.2. The van der Waals surface area contributed by atoms with Gasteiger partial charge in [-0.15, -0.1) is 0 Å². The number of aromatic nitrogens is 3. The van der Waals surface area contributed by atoms with E-state index in [1.54, 1.807) is 0 Å². The van der Waals surface area contributed by atoms with Gasteiger partial charge in [-0.25, -0.2) is 4.98 Å². The summed E-state index contributed by atoms with van der Waals surface area (Å²) < 4.78 is 4.81. The first-order valence-electron chi connectivity index (χ1n) is 19.4. The Morgan fingerprint density at radius 3 is 1.35 bits per heavy atom. The Bertz CT molecular complexity index is 3170. The molecule has 4 heteroatoms. The van der Waals surface area contributed by atoms with Crippen LogP contribution >= 0.6 is 0 Å². The Balaban J connectivity index is 1.11. The van der Waals surface area contributed by atoms with E-state index >= 15 is 0 Å². The van der Waals surface area contributed by atoms with Gasteiger partial charge in [0.05, 0.1) is 39.5 Å². The molecular formula is C53H36N4. The van der Waals surface area contributed by atoms with E-state index in [9.17, 15) is 0 Å². The Morgan fingerprint density at radius 2 is 0.789 bits per heavy atom. The number of para-hydroxylation sites is 5. The molecule has 4 nitrogen and oxygen atoms in total. The van der Waals surface area contributed by atoms with Gasteiger partial charge in [-0.05, 0) is 82.9 Å². The van der Waals surface area contributed by atoms with Crippen molar-refractivity contribution in [3.63, 3.8) is 0 Å². The third-order valence-electron chi connectivity index (χ3n) is 11.2. The summed E-state index contributed by atoms with van der Waals surface area (Å²) in [6.45, 7) is 0. The fourth-order valence-electron chi connectivity index (χ4n) is 8.56. The van der Waals surface area contributed by atoms with Crippen molar-refractivity contribution in [1.29, 1.82) is 0 Å². The lowest BCUT2D eigenvalue weighted by Crippen LogP contribution is -2.12. The molecule has 0 atom stereocenters. The minimum absolute atomic E-state index is 0.829. The van der Waals surface area contributed by atoms with Crippen LogP contribution in [0.5, 0.6) is 0 Å². The molecule has 3 heterocycles. The Labute approximate surface area is 330 Å². The van der Waals surface area contributed by atoms with Crippen LogP contribution < -0.4 is 4.90 Å². The smallest absolute Gasteiger partial charge is 0.137 e. The van der Waals surface area contributed by atoms with Gasteiger partial charge in [-0.2, -0.15) is 0 Å². The molecule has 0 radical (unpaired) electrons. The van der Waals surface area contributed by atoms with E-state index in [4.69, 9.17) is 4.98 Å². The summed E-state index contributed by atoms with van der Waals surface area (Å²) in [4.78, 5) is 7.51. The van der Waals surface area contributed by atoms with E-state index < -0.39 is 0 Å². The van der Waals surface area contributed by atoms with Gasteiger partial charge in [0.15, 0.2) is 0 Å². The van der Waals surface area contributed by atoms with Crippen molar-refractivity contribution >= 4 is 66.3 Å². The number of anilines is 3. The second kappa shape index (κ2) is 13.6. The first-order chi connectivity index (χ1) is 28.3. The van der Waals surface area contributed by atoms with Crippen molar-refractivity contribution in [3.8, 4) is 27.9 Å². The summed E-state index contributed by atoms with van der Waals surface area (Å²) in [5, 5.41) is 4.87. The molecule has 0 saturated carbocycles. The van der Waals surface area contributed by atoms with Crippen LogP contribution in [0.3, 0.4) is 0 Å². The van der Waals surface area contributed by atoms with Crippen molar-refractivity contribution in [2.45, 2.75) is 0 Å². The summed E-state index contributed by atoms with van der Waals surface area (Å²) in [5.41, 5.74) is 13.5. The van der Waals surface area contributed by atoms with Crippen LogP contribution in [0.2, 0.25) is 0 Å². The second-order valence-corrected chi connectivity index (χ2v) is 14.4. The molecule has 0 aliphatic heterocycles. The number of fused-ring (bicyclic) bond motifs is 7. The monoisotopic (exact) mass is 728 g/mol. The first kappa shape index (κ1) is 32.7. The zero-order valence-electron chi connectivity index (χ0n) is 31.1. The van der Waals surface area contributed by atoms with Crippen LogP contribution in [0.25, 0.3) is 77.1 Å². The lowest BCUT2D eigenvalue weighted by molar-refractivity contribution is 1.10. The minimum Gasteiger partial charge on any atom is -0.307 e. The van der Waals surface area contributed by atoms with Crippen LogP contribution in [-0.2, 0) is 0 Å². The maximum Gasteiger partial charge on any atom is 0.137 e. The van der Waals surface area contributed by atoms with Crippen molar-refractivity contribution in [3.05, 3.63) is 219 Å². The molecule has 0 aliphatic carbocycles. The molecule has 8 aromatic carbocycles. The van der Waals surface area contributed by atoms with Crippen molar-refractivity contribution in [2.24, 2.45) is 0 Å². The molecule has 11 rings (SSSR count). The highest BCUT2D eigenvalue weighted by Crippen LogP contribution is 2.39. The van der Waals surface area contributed by atoms with E-state index in [2.05, 4.69) is 226 Å². The van der Waals surface area contributed by atoms with Gasteiger partial charge in [0.25, 0.3) is 0 Å². The number of pyridine rings is 1. The minimum atomic E-state index is 0.829. The molecule has 11 aromatic rings. The van der Waals surface area contributed by atoms with E-state index in [1.807, 2.05) is 6.20 Å². The molecule has 57 heavy (non-hydrogen) atoms. The van der Waals surface area contributed by atoms with Crippen LogP contribution in [0.15, 0.2) is 219 Å². The summed E-state index contributed by atoms with van der Waals surface area (Å²) in [5.74, 6) is 0.829. The normalized spacial score (nSPS) is 11.5. The zero-order valence-corrected chi connectivity index (χ0v) is 31.1. The summed E-state index contributed by atoms with van der Waals surface area (Å²) in [7, 11) is 0. The Morgan fingerprint density at radius 1 is 0.333 bits per heavy atom. The van der Waals surface area contributed by atoms with Crippen LogP contribution in [0.4, 0.5) is 17.2 Å². The number of hydrogen-bond acceptors (Lipinski definition) is 2. The molecule has 268 valence electrons. The lowest BCUT2D eigenvalue weighted by Gasteiger charge is -2.25. The van der Waals surface area contributed by atoms with Gasteiger partial charge in [-0.1, -0.05) is 152 Å². The van der Waals surface area contributed by atoms with E-state index in [0.717, 1.165) is 39.4 Å². The third kappa shape index (κ3) is 5.50. The largest absolute Gasteiger partial charge is 0.307 e. The first-order valence-corrected chi connectivity index (χ1v) is 19.4. The fourth-order valence-corrected chi connectivity index (χ4v) is 8.56. The average molecular weight is 729 g/mol. The number of rotatable bonds is 6. The highest BCUT2D eigenvalue weighted by molar-refractivity contribution is 6.20. The molecule has 0 amide bonds. The van der Waals surface area contributed by atoms with Gasteiger partial charge in [0, 0.05) is 32.9 Å². The molecule has 0 unspecified atom stereocenters. The number of nitrogens with zero attached hydrogens (tertiary/aromatic N) is 4. The number of benzene rings is 8. The maximum atomic E-state index is 5.27. The topological polar surface area (TPSA) is 25.5 Å². The van der Waals surface area contributed by atoms with E-state index in [0.29, 0.717) is 0 Å². The standard InChI is InChI=1S/C53H36N4/c1-3-14-37(15-4-1)39-26-30-41(31-27-39)55(42-32-28-40(29-33-42)38-16-5-2-6-17-38)52-35-34-43(36-54-52)56-48-22-9-7-18-44(48)46-20-13-21-47-45-19-8-10-23-49(45)57(53(46)47)51-25-12-11-24-50(51)56/h1-36H. The van der Waals surface area contributed by atoms with E-state index in [-0.39, 0.29) is 0 Å². The fraction of sp³-hybridized carbons (Fsp3) is 0. The van der Waals surface area contributed by atoms with Gasteiger partial charge in [0.2, 0.25) is 0 Å². The molecule has 0 fully saturated rings. The van der Waals surface area contributed by atoms with E-state index in [1.165, 1.54) is 54.8 Å². The molecule has 0 N–H and O–H groups in total. The van der Waals surface area contributed by atoms with Crippen LogP contribution in [0, 0.1) is 0 Å². The highest BCUT2D eigenvalue weighted by Gasteiger charge is 2.18. The SMILES string of the molecule is c1ccc(-c2ccc(N(c3ccc(-c4ccccc4)cc3)c3ccc(-n4c5ccccc5c5cccc6c7ccccc7n(c7ccccc74)c56)cn3)cc2)cc1. The number of hydrogen-bond donors (Lipinski definition) is 0. The molecule has 0 saturated heterocycles. The van der Waals surface area contributed by atoms with Gasteiger partial charge < -0.3 is 8.97 Å².